The van der Waals surface area contributed by atoms with Crippen molar-refractivity contribution in [1.82, 2.24) is 4.98 Å². The molecule has 1 heterocycles. The predicted molar refractivity (Wildman–Crippen MR) is 50.0 cm³/mol. The van der Waals surface area contributed by atoms with Crippen molar-refractivity contribution >= 4 is 21.6 Å². The van der Waals surface area contributed by atoms with Crippen LogP contribution in [-0.4, -0.2) is 16.3 Å². The van der Waals surface area contributed by atoms with Gasteiger partial charge in [-0.15, -0.1) is 13.2 Å². The van der Waals surface area contributed by atoms with E-state index < -0.39 is 28.4 Å². The van der Waals surface area contributed by atoms with Gasteiger partial charge in [0.2, 0.25) is 5.75 Å². The molecule has 0 aliphatic rings. The maximum Gasteiger partial charge on any atom is 0.573 e. The Morgan fingerprint density at radius 1 is 1.59 bits per heavy atom. The Morgan fingerprint density at radius 2 is 2.18 bits per heavy atom. The molecular weight excluding hydrogens is 311 g/mol. The number of hydrogen-bond acceptors (Lipinski definition) is 5. The van der Waals surface area contributed by atoms with Crippen molar-refractivity contribution in [3.63, 3.8) is 0 Å². The summed E-state index contributed by atoms with van der Waals surface area (Å²) in [4.78, 5) is 12.8. The van der Waals surface area contributed by atoms with Gasteiger partial charge in [0.25, 0.3) is 0 Å². The van der Waals surface area contributed by atoms with Crippen molar-refractivity contribution in [2.24, 2.45) is 0 Å². The van der Waals surface area contributed by atoms with E-state index in [1.54, 1.807) is 0 Å². The fourth-order valence-electron chi connectivity index (χ4n) is 0.917. The van der Waals surface area contributed by atoms with Gasteiger partial charge in [-0.2, -0.15) is 5.26 Å². The van der Waals surface area contributed by atoms with Crippen LogP contribution in [-0.2, 0) is 0 Å². The van der Waals surface area contributed by atoms with E-state index in [1.807, 2.05) is 0 Å². The molecular formula is C7HBrF3N3O3. The first-order valence-electron chi connectivity index (χ1n) is 3.75. The van der Waals surface area contributed by atoms with Crippen molar-refractivity contribution in [2.75, 3.05) is 0 Å². The monoisotopic (exact) mass is 311 g/mol. The SMILES string of the molecule is N#Cc1nc(Br)cc([N+](=O)[O-])c1OC(F)(F)F. The molecule has 6 nitrogen and oxygen atoms in total. The van der Waals surface area contributed by atoms with Crippen LogP contribution in [0.4, 0.5) is 18.9 Å². The molecule has 0 saturated carbocycles. The summed E-state index contributed by atoms with van der Waals surface area (Å²) in [6.07, 6.45) is -5.15. The van der Waals surface area contributed by atoms with Gasteiger partial charge in [-0.3, -0.25) is 10.1 Å². The number of nitriles is 1. The smallest absolute Gasteiger partial charge is 0.395 e. The predicted octanol–water partition coefficient (Wildman–Crippen LogP) is 2.52. The van der Waals surface area contributed by atoms with Crippen LogP contribution in [0.1, 0.15) is 5.69 Å². The summed E-state index contributed by atoms with van der Waals surface area (Å²) >= 11 is 2.73. The largest absolute Gasteiger partial charge is 0.573 e. The highest BCUT2D eigenvalue weighted by Crippen LogP contribution is 2.35. The molecule has 1 aromatic heterocycles. The highest BCUT2D eigenvalue weighted by atomic mass is 79.9. The van der Waals surface area contributed by atoms with Gasteiger partial charge in [0.1, 0.15) is 10.7 Å². The Kier molecular flexibility index (Phi) is 3.52. The average molecular weight is 312 g/mol. The zero-order valence-corrected chi connectivity index (χ0v) is 9.24. The number of nitrogens with zero attached hydrogens (tertiary/aromatic N) is 3. The molecule has 0 spiro atoms. The van der Waals surface area contributed by atoms with Gasteiger partial charge in [-0.1, -0.05) is 0 Å². The minimum Gasteiger partial charge on any atom is -0.395 e. The number of rotatable bonds is 2. The Bertz CT molecular complexity index is 512. The number of hydrogen-bond donors (Lipinski definition) is 0. The summed E-state index contributed by atoms with van der Waals surface area (Å²) in [6.45, 7) is 0. The minimum atomic E-state index is -5.15. The van der Waals surface area contributed by atoms with E-state index in [4.69, 9.17) is 5.26 Å². The molecule has 0 bridgehead atoms. The zero-order chi connectivity index (χ0) is 13.2. The summed E-state index contributed by atoms with van der Waals surface area (Å²) in [5.74, 6) is -1.23. The number of halogens is 4. The van der Waals surface area contributed by atoms with Crippen molar-refractivity contribution in [3.8, 4) is 11.8 Å². The Labute approximate surface area is 99.9 Å². The second-order valence-corrected chi connectivity index (χ2v) is 3.37. The van der Waals surface area contributed by atoms with E-state index in [0.29, 0.717) is 6.07 Å². The molecule has 0 aromatic carbocycles. The van der Waals surface area contributed by atoms with E-state index >= 15 is 0 Å². The average Bonchev–Trinajstić information content (AvgIpc) is 2.17. The summed E-state index contributed by atoms with van der Waals surface area (Å²) < 4.78 is 39.3. The van der Waals surface area contributed by atoms with Gasteiger partial charge in [-0.05, 0) is 15.9 Å². The zero-order valence-electron chi connectivity index (χ0n) is 7.66. The lowest BCUT2D eigenvalue weighted by molar-refractivity contribution is -0.388. The second kappa shape index (κ2) is 4.54. The first kappa shape index (κ1) is 13.2. The summed E-state index contributed by atoms with van der Waals surface area (Å²) in [5.41, 5.74) is -1.83. The van der Waals surface area contributed by atoms with E-state index in [1.165, 1.54) is 6.07 Å². The van der Waals surface area contributed by atoms with Crippen LogP contribution in [0, 0.1) is 21.4 Å². The molecule has 0 radical (unpaired) electrons. The van der Waals surface area contributed by atoms with Crippen molar-refractivity contribution in [1.29, 1.82) is 5.26 Å². The Balaban J connectivity index is 3.44. The first-order chi connectivity index (χ1) is 7.74. The van der Waals surface area contributed by atoms with Crippen LogP contribution in [0.3, 0.4) is 0 Å². The lowest BCUT2D eigenvalue weighted by atomic mass is 10.3. The van der Waals surface area contributed by atoms with Crippen molar-refractivity contribution in [2.45, 2.75) is 6.36 Å². The minimum absolute atomic E-state index is 0.143. The maximum absolute atomic E-state index is 12.0. The summed E-state index contributed by atoms with van der Waals surface area (Å²) in [7, 11) is 0. The Hall–Kier alpha value is -1.89. The van der Waals surface area contributed by atoms with Gasteiger partial charge in [0.15, 0.2) is 5.69 Å². The van der Waals surface area contributed by atoms with E-state index in [-0.39, 0.29) is 4.60 Å². The molecule has 0 N–H and O–H groups in total. The lowest BCUT2D eigenvalue weighted by Gasteiger charge is -2.09. The van der Waals surface area contributed by atoms with Crippen molar-refractivity contribution in [3.05, 3.63) is 26.5 Å². The molecule has 0 atom stereocenters. The topological polar surface area (TPSA) is 89.0 Å². The van der Waals surface area contributed by atoms with Crippen LogP contribution in [0.25, 0.3) is 0 Å². The fourth-order valence-corrected chi connectivity index (χ4v) is 1.31. The van der Waals surface area contributed by atoms with Gasteiger partial charge < -0.3 is 4.74 Å². The molecule has 0 aliphatic carbocycles. The van der Waals surface area contributed by atoms with Crippen molar-refractivity contribution < 1.29 is 22.8 Å². The van der Waals surface area contributed by atoms with Crippen LogP contribution in [0.5, 0.6) is 5.75 Å². The number of aromatic nitrogens is 1. The molecule has 0 fully saturated rings. The van der Waals surface area contributed by atoms with Crippen LogP contribution in [0.15, 0.2) is 10.7 Å². The summed E-state index contributed by atoms with van der Waals surface area (Å²) in [5, 5.41) is 19.1. The molecule has 0 unspecified atom stereocenters. The van der Waals surface area contributed by atoms with E-state index in [0.717, 1.165) is 0 Å². The fraction of sp³-hybridized carbons (Fsp3) is 0.143. The third-order valence-electron chi connectivity index (χ3n) is 1.44. The third kappa shape index (κ3) is 3.28. The lowest BCUT2D eigenvalue weighted by Crippen LogP contribution is -2.19. The third-order valence-corrected chi connectivity index (χ3v) is 1.85. The van der Waals surface area contributed by atoms with E-state index in [9.17, 15) is 23.3 Å². The molecule has 90 valence electrons. The molecule has 0 saturated heterocycles. The van der Waals surface area contributed by atoms with Crippen LogP contribution in [0.2, 0.25) is 0 Å². The summed E-state index contributed by atoms with van der Waals surface area (Å²) in [6, 6.07) is 1.99. The number of ether oxygens (including phenoxy) is 1. The van der Waals surface area contributed by atoms with Gasteiger partial charge >= 0.3 is 12.0 Å². The molecule has 17 heavy (non-hydrogen) atoms. The highest BCUT2D eigenvalue weighted by molar-refractivity contribution is 9.10. The normalized spacial score (nSPS) is 10.8. The molecule has 0 aliphatic heterocycles. The molecule has 10 heteroatoms. The number of pyridine rings is 1. The maximum atomic E-state index is 12.0. The standard InChI is InChI=1S/C7HBrF3N3O3/c8-5-1-4(14(15)16)6(3(2-12)13-5)17-7(9,10)11/h1H. The van der Waals surface area contributed by atoms with Crippen LogP contribution >= 0.6 is 15.9 Å². The Morgan fingerprint density at radius 3 is 2.59 bits per heavy atom. The molecule has 0 amide bonds. The highest BCUT2D eigenvalue weighted by Gasteiger charge is 2.37. The molecule has 1 rings (SSSR count). The van der Waals surface area contributed by atoms with Gasteiger partial charge in [-0.25, -0.2) is 4.98 Å². The van der Waals surface area contributed by atoms with Gasteiger partial charge in [0, 0.05) is 0 Å². The second-order valence-electron chi connectivity index (χ2n) is 2.56. The van der Waals surface area contributed by atoms with Crippen LogP contribution < -0.4 is 4.74 Å². The van der Waals surface area contributed by atoms with E-state index in [2.05, 4.69) is 25.7 Å². The van der Waals surface area contributed by atoms with Gasteiger partial charge in [0.05, 0.1) is 11.0 Å². The first-order valence-corrected chi connectivity index (χ1v) is 4.54. The quantitative estimate of drug-likeness (QED) is 0.475. The number of alkyl halides is 3. The number of nitro groups is 1. The molecule has 1 aromatic rings.